The Morgan fingerprint density at radius 1 is 1.53 bits per heavy atom. The molecular weight excluding hydrogens is 330 g/mol. The first kappa shape index (κ1) is 13.0. The van der Waals surface area contributed by atoms with Crippen LogP contribution in [-0.4, -0.2) is 31.3 Å². The van der Waals surface area contributed by atoms with Gasteiger partial charge >= 0.3 is 0 Å². The van der Waals surface area contributed by atoms with Crippen molar-refractivity contribution in [1.82, 2.24) is 4.31 Å². The van der Waals surface area contributed by atoms with Crippen LogP contribution < -0.4 is 5.11 Å². The number of halogens is 1. The lowest BCUT2D eigenvalue weighted by atomic mass is 10.2. The molecule has 1 saturated heterocycles. The molecule has 0 aliphatic carbocycles. The fourth-order valence-corrected chi connectivity index (χ4v) is 5.60. The third kappa shape index (κ3) is 2.40. The predicted molar refractivity (Wildman–Crippen MR) is 63.9 cm³/mol. The van der Waals surface area contributed by atoms with Gasteiger partial charge in [-0.3, -0.25) is 0 Å². The second kappa shape index (κ2) is 4.68. The molecular formula is C9H9BrNO4S2-. The summed E-state index contributed by atoms with van der Waals surface area (Å²) in [6.45, 7) is 0.233. The fourth-order valence-electron chi connectivity index (χ4n) is 1.82. The van der Waals surface area contributed by atoms with E-state index in [-0.39, 0.29) is 10.8 Å². The Bertz CT molecular complexity index is 539. The van der Waals surface area contributed by atoms with Crippen molar-refractivity contribution >= 4 is 43.3 Å². The molecule has 5 nitrogen and oxygen atoms in total. The molecule has 2 heterocycles. The molecule has 94 valence electrons. The summed E-state index contributed by atoms with van der Waals surface area (Å²) in [6.07, 6.45) is 0.860. The van der Waals surface area contributed by atoms with E-state index >= 15 is 0 Å². The van der Waals surface area contributed by atoms with Crippen LogP contribution in [0.5, 0.6) is 0 Å². The van der Waals surface area contributed by atoms with Gasteiger partial charge in [0, 0.05) is 6.54 Å². The van der Waals surface area contributed by atoms with E-state index in [2.05, 4.69) is 15.9 Å². The van der Waals surface area contributed by atoms with Gasteiger partial charge in [0.2, 0.25) is 0 Å². The number of aliphatic carboxylic acids is 1. The van der Waals surface area contributed by atoms with Crippen LogP contribution in [-0.2, 0) is 14.8 Å². The molecule has 17 heavy (non-hydrogen) atoms. The minimum Gasteiger partial charge on any atom is -0.548 e. The van der Waals surface area contributed by atoms with Crippen molar-refractivity contribution < 1.29 is 18.3 Å². The molecule has 1 aromatic rings. The lowest BCUT2D eigenvalue weighted by Gasteiger charge is -2.23. The molecule has 1 fully saturated rings. The molecule has 0 aromatic carbocycles. The highest BCUT2D eigenvalue weighted by atomic mass is 79.9. The Labute approximate surface area is 111 Å². The number of thiophene rings is 1. The summed E-state index contributed by atoms with van der Waals surface area (Å²) in [5.41, 5.74) is 0. The van der Waals surface area contributed by atoms with Gasteiger partial charge in [-0.1, -0.05) is 0 Å². The standard InChI is InChI=1S/C9H10BrNO4S2/c10-7-3-4-8(16-7)17(14,15)11-5-1-2-6(11)9(12)13/h3-4,6H,1-2,5H2,(H,12,13)/p-1. The number of sulfonamides is 1. The first-order valence-corrected chi connectivity index (χ1v) is 7.96. The number of rotatable bonds is 3. The van der Waals surface area contributed by atoms with Crippen LogP contribution >= 0.6 is 27.3 Å². The molecule has 1 aromatic heterocycles. The Morgan fingerprint density at radius 2 is 2.24 bits per heavy atom. The van der Waals surface area contributed by atoms with Crippen molar-refractivity contribution in [2.24, 2.45) is 0 Å². The molecule has 1 aliphatic rings. The molecule has 0 amide bonds. The van der Waals surface area contributed by atoms with Gasteiger partial charge in [0.15, 0.2) is 0 Å². The molecule has 1 atom stereocenters. The SMILES string of the molecule is O=C([O-])C1CCCN1S(=O)(=O)c1ccc(Br)s1. The summed E-state index contributed by atoms with van der Waals surface area (Å²) < 4.78 is 26.2. The van der Waals surface area contributed by atoms with Crippen LogP contribution in [0.2, 0.25) is 0 Å². The lowest BCUT2D eigenvalue weighted by Crippen LogP contribution is -2.46. The van der Waals surface area contributed by atoms with E-state index in [0.717, 1.165) is 15.6 Å². The van der Waals surface area contributed by atoms with E-state index < -0.39 is 22.0 Å². The summed E-state index contributed by atoms with van der Waals surface area (Å²) in [5.74, 6) is -1.33. The van der Waals surface area contributed by atoms with Crippen LogP contribution in [0.15, 0.2) is 20.1 Å². The molecule has 0 N–H and O–H groups in total. The second-order valence-electron chi connectivity index (χ2n) is 3.65. The van der Waals surface area contributed by atoms with Crippen LogP contribution in [0.25, 0.3) is 0 Å². The number of carboxylic acids is 1. The largest absolute Gasteiger partial charge is 0.548 e. The normalized spacial score (nSPS) is 21.8. The average molecular weight is 339 g/mol. The first-order chi connectivity index (χ1) is 7.93. The van der Waals surface area contributed by atoms with Crippen molar-refractivity contribution in [3.63, 3.8) is 0 Å². The van der Waals surface area contributed by atoms with Crippen molar-refractivity contribution in [2.75, 3.05) is 6.54 Å². The van der Waals surface area contributed by atoms with E-state index in [1.165, 1.54) is 6.07 Å². The number of nitrogens with zero attached hydrogens (tertiary/aromatic N) is 1. The van der Waals surface area contributed by atoms with Crippen LogP contribution in [0.1, 0.15) is 12.8 Å². The molecule has 0 saturated carbocycles. The van der Waals surface area contributed by atoms with Crippen molar-refractivity contribution in [3.8, 4) is 0 Å². The Morgan fingerprint density at radius 3 is 2.76 bits per heavy atom. The third-order valence-corrected chi connectivity index (χ3v) is 6.59. The average Bonchev–Trinajstić information content (AvgIpc) is 2.84. The van der Waals surface area contributed by atoms with Gasteiger partial charge in [-0.25, -0.2) is 8.42 Å². The summed E-state index contributed by atoms with van der Waals surface area (Å²) in [5, 5.41) is 10.9. The zero-order chi connectivity index (χ0) is 12.6. The maximum atomic E-state index is 12.2. The van der Waals surface area contributed by atoms with Gasteiger partial charge in [0.05, 0.1) is 15.8 Å². The number of carboxylic acid groups (broad SMARTS) is 1. The molecule has 2 rings (SSSR count). The Balaban J connectivity index is 2.36. The van der Waals surface area contributed by atoms with E-state index in [4.69, 9.17) is 0 Å². The van der Waals surface area contributed by atoms with E-state index in [1.54, 1.807) is 6.07 Å². The number of carbonyl (C=O) groups is 1. The van der Waals surface area contributed by atoms with Crippen molar-refractivity contribution in [3.05, 3.63) is 15.9 Å². The lowest BCUT2D eigenvalue weighted by molar-refractivity contribution is -0.309. The molecule has 0 spiro atoms. The zero-order valence-corrected chi connectivity index (χ0v) is 11.8. The van der Waals surface area contributed by atoms with Gasteiger partial charge in [-0.2, -0.15) is 4.31 Å². The predicted octanol–water partition coefficient (Wildman–Crippen LogP) is 0.414. The van der Waals surface area contributed by atoms with E-state index in [1.807, 2.05) is 0 Å². The smallest absolute Gasteiger partial charge is 0.253 e. The highest BCUT2D eigenvalue weighted by Crippen LogP contribution is 2.32. The van der Waals surface area contributed by atoms with Crippen LogP contribution in [0, 0.1) is 0 Å². The molecule has 1 aliphatic heterocycles. The van der Waals surface area contributed by atoms with Gasteiger partial charge in [0.25, 0.3) is 10.0 Å². The maximum Gasteiger partial charge on any atom is 0.253 e. The molecule has 1 unspecified atom stereocenters. The second-order valence-corrected chi connectivity index (χ2v) is 8.23. The molecule has 0 radical (unpaired) electrons. The fraction of sp³-hybridized carbons (Fsp3) is 0.444. The molecule has 8 heteroatoms. The summed E-state index contributed by atoms with van der Waals surface area (Å²) in [6, 6.07) is 2.05. The van der Waals surface area contributed by atoms with E-state index in [0.29, 0.717) is 16.6 Å². The van der Waals surface area contributed by atoms with E-state index in [9.17, 15) is 18.3 Å². The Hall–Kier alpha value is -0.440. The van der Waals surface area contributed by atoms with Crippen LogP contribution in [0.3, 0.4) is 0 Å². The van der Waals surface area contributed by atoms with Gasteiger partial charge in [0.1, 0.15) is 4.21 Å². The van der Waals surface area contributed by atoms with Gasteiger partial charge < -0.3 is 9.90 Å². The van der Waals surface area contributed by atoms with Gasteiger partial charge in [-0.15, -0.1) is 11.3 Å². The highest BCUT2D eigenvalue weighted by Gasteiger charge is 2.36. The molecule has 0 bridgehead atoms. The van der Waals surface area contributed by atoms with Crippen molar-refractivity contribution in [1.29, 1.82) is 0 Å². The summed E-state index contributed by atoms with van der Waals surface area (Å²) in [7, 11) is -3.71. The maximum absolute atomic E-state index is 12.2. The number of hydrogen-bond donors (Lipinski definition) is 0. The summed E-state index contributed by atoms with van der Waals surface area (Å²) >= 11 is 4.25. The minimum absolute atomic E-state index is 0.150. The summed E-state index contributed by atoms with van der Waals surface area (Å²) in [4.78, 5) is 10.9. The van der Waals surface area contributed by atoms with Gasteiger partial charge in [-0.05, 0) is 40.9 Å². The number of hydrogen-bond acceptors (Lipinski definition) is 5. The monoisotopic (exact) mass is 338 g/mol. The third-order valence-electron chi connectivity index (χ3n) is 2.59. The Kier molecular flexibility index (Phi) is 3.58. The highest BCUT2D eigenvalue weighted by molar-refractivity contribution is 9.11. The topological polar surface area (TPSA) is 77.5 Å². The number of carbonyl (C=O) groups excluding carboxylic acids is 1. The van der Waals surface area contributed by atoms with Crippen molar-refractivity contribution in [2.45, 2.75) is 23.1 Å². The first-order valence-electron chi connectivity index (χ1n) is 4.91. The van der Waals surface area contributed by atoms with Crippen LogP contribution in [0.4, 0.5) is 0 Å². The zero-order valence-electron chi connectivity index (χ0n) is 8.63. The quantitative estimate of drug-likeness (QED) is 0.799. The minimum atomic E-state index is -3.71.